The second-order valence-corrected chi connectivity index (χ2v) is 7.88. The quantitative estimate of drug-likeness (QED) is 0.551. The highest BCUT2D eigenvalue weighted by Crippen LogP contribution is 2.44. The molecule has 6 nitrogen and oxygen atoms in total. The van der Waals surface area contributed by atoms with E-state index < -0.39 is 21.9 Å². The molecule has 0 spiro atoms. The Morgan fingerprint density at radius 3 is 2.52 bits per heavy atom. The first-order chi connectivity index (χ1) is 13.6. The summed E-state index contributed by atoms with van der Waals surface area (Å²) in [6.07, 6.45) is -4.06. The maximum absolute atomic E-state index is 13.1. The van der Waals surface area contributed by atoms with Crippen LogP contribution in [-0.2, 0) is 21.0 Å². The highest BCUT2D eigenvalue weighted by Gasteiger charge is 2.33. The largest absolute Gasteiger partial charge is 0.493 e. The third kappa shape index (κ3) is 4.82. The number of benzene rings is 2. The molecule has 10 heteroatoms. The van der Waals surface area contributed by atoms with Crippen LogP contribution in [0.1, 0.15) is 29.0 Å². The van der Waals surface area contributed by atoms with E-state index in [-0.39, 0.29) is 42.1 Å². The second kappa shape index (κ2) is 8.21. The van der Waals surface area contributed by atoms with E-state index in [9.17, 15) is 26.1 Å². The van der Waals surface area contributed by atoms with Gasteiger partial charge >= 0.3 is 6.18 Å². The van der Waals surface area contributed by atoms with Gasteiger partial charge in [0.1, 0.15) is 18.1 Å². The zero-order valence-electron chi connectivity index (χ0n) is 15.4. The van der Waals surface area contributed by atoms with Crippen LogP contribution in [0.3, 0.4) is 0 Å². The van der Waals surface area contributed by atoms with Gasteiger partial charge in [0.15, 0.2) is 0 Å². The number of methoxy groups -OCH3 is 1. The molecule has 1 heterocycles. The predicted molar refractivity (Wildman–Crippen MR) is 97.0 cm³/mol. The van der Waals surface area contributed by atoms with Crippen molar-refractivity contribution in [2.75, 3.05) is 26.9 Å². The van der Waals surface area contributed by atoms with Crippen LogP contribution in [0, 0.1) is 0 Å². The molecule has 1 atom stereocenters. The maximum Gasteiger partial charge on any atom is 0.416 e. The lowest BCUT2D eigenvalue weighted by Gasteiger charge is -2.28. The van der Waals surface area contributed by atoms with Crippen LogP contribution in [0.25, 0.3) is 0 Å². The van der Waals surface area contributed by atoms with Crippen LogP contribution in [0.2, 0.25) is 0 Å². The molecule has 29 heavy (non-hydrogen) atoms. The Morgan fingerprint density at radius 1 is 1.14 bits per heavy atom. The van der Waals surface area contributed by atoms with E-state index in [4.69, 9.17) is 14.2 Å². The molecular formula is C19H19F3O6S. The van der Waals surface area contributed by atoms with Gasteiger partial charge in [0, 0.05) is 30.2 Å². The van der Waals surface area contributed by atoms with Gasteiger partial charge in [0.2, 0.25) is 0 Å². The lowest BCUT2D eigenvalue weighted by molar-refractivity contribution is -0.137. The van der Waals surface area contributed by atoms with E-state index >= 15 is 0 Å². The van der Waals surface area contributed by atoms with Gasteiger partial charge in [-0.3, -0.25) is 4.55 Å². The minimum atomic E-state index is -4.52. The van der Waals surface area contributed by atoms with Gasteiger partial charge < -0.3 is 14.2 Å². The molecule has 2 aromatic carbocycles. The van der Waals surface area contributed by atoms with E-state index in [0.717, 1.165) is 12.1 Å². The van der Waals surface area contributed by atoms with Crippen LogP contribution in [0.15, 0.2) is 41.3 Å². The van der Waals surface area contributed by atoms with Crippen molar-refractivity contribution >= 4 is 10.1 Å². The lowest BCUT2D eigenvalue weighted by Crippen LogP contribution is -2.18. The second-order valence-electron chi connectivity index (χ2n) is 6.46. The van der Waals surface area contributed by atoms with Crippen molar-refractivity contribution in [1.82, 2.24) is 0 Å². The van der Waals surface area contributed by atoms with Crippen molar-refractivity contribution in [2.45, 2.75) is 23.4 Å². The molecule has 1 aliphatic rings. The first-order valence-corrected chi connectivity index (χ1v) is 10.1. The smallest absolute Gasteiger partial charge is 0.416 e. The fourth-order valence-electron chi connectivity index (χ4n) is 3.21. The van der Waals surface area contributed by atoms with Crippen molar-refractivity contribution in [2.24, 2.45) is 0 Å². The molecule has 1 N–H and O–H groups in total. The highest BCUT2D eigenvalue weighted by molar-refractivity contribution is 7.85. The zero-order chi connectivity index (χ0) is 21.2. The number of hydrogen-bond donors (Lipinski definition) is 1. The summed E-state index contributed by atoms with van der Waals surface area (Å²) in [6, 6.07) is 7.21. The Balaban J connectivity index is 2.04. The number of halogens is 3. The number of fused-ring (bicyclic) bond motifs is 1. The minimum Gasteiger partial charge on any atom is -0.493 e. The molecule has 1 unspecified atom stereocenters. The van der Waals surface area contributed by atoms with Gasteiger partial charge in [-0.1, -0.05) is 12.1 Å². The van der Waals surface area contributed by atoms with Crippen LogP contribution in [-0.4, -0.2) is 39.9 Å². The number of rotatable bonds is 6. The van der Waals surface area contributed by atoms with E-state index in [1.807, 2.05) is 0 Å². The SMILES string of the molecule is COCCOc1cc(C(F)(F)F)ccc1C1CCOc2cc(S(=O)(=O)O)ccc21. The predicted octanol–water partition coefficient (Wildman–Crippen LogP) is 3.89. The molecule has 2 aromatic rings. The maximum atomic E-state index is 13.1. The Kier molecular flexibility index (Phi) is 6.06. The standard InChI is InChI=1S/C19H19F3O6S/c1-26-8-9-28-17-10-12(19(20,21)22)2-4-15(17)14-6-7-27-18-11-13(29(23,24)25)3-5-16(14)18/h2-5,10-11,14H,6-9H2,1H3,(H,23,24,25). The fraction of sp³-hybridized carbons (Fsp3) is 0.368. The molecule has 158 valence electrons. The summed E-state index contributed by atoms with van der Waals surface area (Å²) in [4.78, 5) is -0.319. The van der Waals surface area contributed by atoms with Gasteiger partial charge in [-0.15, -0.1) is 0 Å². The Morgan fingerprint density at radius 2 is 1.86 bits per heavy atom. The Labute approximate surface area is 166 Å². The van der Waals surface area contributed by atoms with Crippen LogP contribution < -0.4 is 9.47 Å². The van der Waals surface area contributed by atoms with Crippen molar-refractivity contribution in [3.05, 3.63) is 53.1 Å². The van der Waals surface area contributed by atoms with Crippen molar-refractivity contribution in [3.63, 3.8) is 0 Å². The third-order valence-electron chi connectivity index (χ3n) is 4.58. The number of alkyl halides is 3. The van der Waals surface area contributed by atoms with Crippen LogP contribution in [0.4, 0.5) is 13.2 Å². The monoisotopic (exact) mass is 432 g/mol. The van der Waals surface area contributed by atoms with E-state index in [1.54, 1.807) is 0 Å². The fourth-order valence-corrected chi connectivity index (χ4v) is 3.71. The molecule has 0 radical (unpaired) electrons. The van der Waals surface area contributed by atoms with Crippen LogP contribution in [0.5, 0.6) is 11.5 Å². The van der Waals surface area contributed by atoms with Gasteiger partial charge in [-0.2, -0.15) is 21.6 Å². The average molecular weight is 432 g/mol. The molecular weight excluding hydrogens is 413 g/mol. The van der Waals surface area contributed by atoms with Gasteiger partial charge in [0.05, 0.1) is 23.7 Å². The van der Waals surface area contributed by atoms with Gasteiger partial charge in [-0.25, -0.2) is 0 Å². The summed E-state index contributed by atoms with van der Waals surface area (Å²) in [6.45, 7) is 0.505. The van der Waals surface area contributed by atoms with Crippen molar-refractivity contribution in [1.29, 1.82) is 0 Å². The number of ether oxygens (including phenoxy) is 3. The van der Waals surface area contributed by atoms with Gasteiger partial charge in [-0.05, 0) is 24.6 Å². The third-order valence-corrected chi connectivity index (χ3v) is 5.43. The first kappa shape index (κ1) is 21.4. The van der Waals surface area contributed by atoms with Crippen LogP contribution >= 0.6 is 0 Å². The summed E-state index contributed by atoms with van der Waals surface area (Å²) in [5.74, 6) is -0.0401. The summed E-state index contributed by atoms with van der Waals surface area (Å²) in [5.41, 5.74) is 0.293. The molecule has 0 aromatic heterocycles. The molecule has 3 rings (SSSR count). The highest BCUT2D eigenvalue weighted by atomic mass is 32.2. The van der Waals surface area contributed by atoms with E-state index in [0.29, 0.717) is 17.5 Å². The normalized spacial score (nSPS) is 16.8. The number of hydrogen-bond acceptors (Lipinski definition) is 5. The zero-order valence-corrected chi connectivity index (χ0v) is 16.2. The molecule has 1 aliphatic heterocycles. The van der Waals surface area contributed by atoms with Crippen molar-refractivity contribution < 1.29 is 40.4 Å². The first-order valence-electron chi connectivity index (χ1n) is 8.68. The Hall–Kier alpha value is -2.30. The Bertz CT molecular complexity index is 988. The minimum absolute atomic E-state index is 0.0720. The molecule has 0 fully saturated rings. The molecule has 0 aliphatic carbocycles. The molecule has 0 saturated carbocycles. The average Bonchev–Trinajstić information content (AvgIpc) is 2.66. The summed E-state index contributed by atoms with van der Waals surface area (Å²) in [5, 5.41) is 0. The topological polar surface area (TPSA) is 82.1 Å². The molecule has 0 bridgehead atoms. The lowest BCUT2D eigenvalue weighted by atomic mass is 9.85. The van der Waals surface area contributed by atoms with E-state index in [1.165, 1.54) is 31.4 Å². The summed E-state index contributed by atoms with van der Waals surface area (Å²) >= 11 is 0. The molecule has 0 saturated heterocycles. The van der Waals surface area contributed by atoms with Crippen molar-refractivity contribution in [3.8, 4) is 11.5 Å². The summed E-state index contributed by atoms with van der Waals surface area (Å²) in [7, 11) is -2.95. The molecule has 0 amide bonds. The van der Waals surface area contributed by atoms with Gasteiger partial charge in [0.25, 0.3) is 10.1 Å². The summed E-state index contributed by atoms with van der Waals surface area (Å²) < 4.78 is 87.4. The van der Waals surface area contributed by atoms with E-state index in [2.05, 4.69) is 0 Å².